The van der Waals surface area contributed by atoms with Crippen LogP contribution < -0.4 is 5.32 Å². The average Bonchev–Trinajstić information content (AvgIpc) is 3.43. The van der Waals surface area contributed by atoms with Crippen molar-refractivity contribution in [1.82, 2.24) is 14.9 Å². The standard InChI is InChI=1S/C28H31N5O4/c1-26-11-12-27(2,33(26)25(35)37-3)17-28(36,16-26)19-9-10-22(21(13-19)18-7-5-4-6-8-18)32-24(34)23-30-15-20(14-29)31-23/h7,9-13,15,36H,4-6,8,16-17H2,1-3H3,(H,30,31)(H,32,34)/t26-,27+,28+. The number of nitrogens with zero attached hydrogens (tertiary/aromatic N) is 3. The topological polar surface area (TPSA) is 131 Å². The number of H-pyrrole nitrogens is 1. The normalized spacial score (nSPS) is 28.4. The summed E-state index contributed by atoms with van der Waals surface area (Å²) >= 11 is 0. The lowest BCUT2D eigenvalue weighted by atomic mass is 9.70. The third-order valence-corrected chi connectivity index (χ3v) is 7.83. The van der Waals surface area contributed by atoms with Gasteiger partial charge in [0.1, 0.15) is 6.07 Å². The van der Waals surface area contributed by atoms with Gasteiger partial charge in [0.25, 0.3) is 5.91 Å². The van der Waals surface area contributed by atoms with Crippen molar-refractivity contribution in [2.24, 2.45) is 0 Å². The number of hydrogen-bond acceptors (Lipinski definition) is 6. The number of allylic oxidation sites excluding steroid dienone is 2. The van der Waals surface area contributed by atoms with E-state index in [2.05, 4.69) is 21.4 Å². The van der Waals surface area contributed by atoms with Gasteiger partial charge in [-0.25, -0.2) is 9.78 Å². The summed E-state index contributed by atoms with van der Waals surface area (Å²) in [5, 5.41) is 24.0. The maximum absolute atomic E-state index is 12.9. The largest absolute Gasteiger partial charge is 0.453 e. The van der Waals surface area contributed by atoms with Crippen LogP contribution in [0.4, 0.5) is 10.5 Å². The fraction of sp³-hybridized carbons (Fsp3) is 0.429. The summed E-state index contributed by atoms with van der Waals surface area (Å²) in [5.74, 6) is -0.388. The summed E-state index contributed by atoms with van der Waals surface area (Å²) in [6.45, 7) is 3.88. The first-order valence-corrected chi connectivity index (χ1v) is 12.5. The third-order valence-electron chi connectivity index (χ3n) is 7.83. The number of benzene rings is 1. The van der Waals surface area contributed by atoms with Gasteiger partial charge in [-0.1, -0.05) is 24.3 Å². The number of aromatic nitrogens is 2. The summed E-state index contributed by atoms with van der Waals surface area (Å²) in [5.41, 5.74) is 0.863. The van der Waals surface area contributed by atoms with Gasteiger partial charge in [0.2, 0.25) is 0 Å². The molecule has 192 valence electrons. The molecule has 5 rings (SSSR count). The summed E-state index contributed by atoms with van der Waals surface area (Å²) in [7, 11) is 1.37. The molecule has 9 nitrogen and oxygen atoms in total. The highest BCUT2D eigenvalue weighted by molar-refractivity contribution is 6.03. The van der Waals surface area contributed by atoms with Gasteiger partial charge in [-0.3, -0.25) is 9.69 Å². The second kappa shape index (κ2) is 8.89. The lowest BCUT2D eigenvalue weighted by Crippen LogP contribution is -2.63. The molecule has 3 heterocycles. The molecule has 3 aliphatic rings. The van der Waals surface area contributed by atoms with E-state index in [9.17, 15) is 14.7 Å². The fourth-order valence-corrected chi connectivity index (χ4v) is 6.29. The number of carbonyl (C=O) groups excluding carboxylic acids is 2. The minimum atomic E-state index is -1.20. The predicted molar refractivity (Wildman–Crippen MR) is 137 cm³/mol. The highest BCUT2D eigenvalue weighted by Crippen LogP contribution is 2.54. The van der Waals surface area contributed by atoms with Crippen LogP contribution in [0.15, 0.2) is 42.6 Å². The SMILES string of the molecule is COC(=O)N1[C@@]2(C)C=C[C@]1(C)C[C@@](O)(c1ccc(NC(=O)c3nc(C#N)c[nH]3)c(C3=CCCCC3)c1)C2. The Labute approximate surface area is 215 Å². The third kappa shape index (κ3) is 4.21. The summed E-state index contributed by atoms with van der Waals surface area (Å²) in [4.78, 5) is 34.0. The number of hydrogen-bond donors (Lipinski definition) is 3. The molecule has 2 bridgehead atoms. The molecular formula is C28H31N5O4. The smallest absolute Gasteiger partial charge is 0.410 e. The molecule has 1 aromatic carbocycles. The van der Waals surface area contributed by atoms with Gasteiger partial charge in [0, 0.05) is 30.3 Å². The molecule has 0 saturated carbocycles. The maximum Gasteiger partial charge on any atom is 0.410 e. The number of ether oxygens (including phenoxy) is 1. The lowest BCUT2D eigenvalue weighted by molar-refractivity contribution is -0.0980. The van der Waals surface area contributed by atoms with Gasteiger partial charge in [0.05, 0.1) is 23.8 Å². The molecule has 3 N–H and O–H groups in total. The van der Waals surface area contributed by atoms with Crippen LogP contribution in [0.25, 0.3) is 5.57 Å². The second-order valence-electron chi connectivity index (χ2n) is 10.7. The molecule has 0 unspecified atom stereocenters. The Morgan fingerprint density at radius 2 is 1.95 bits per heavy atom. The molecule has 2 amide bonds. The van der Waals surface area contributed by atoms with E-state index in [1.54, 1.807) is 4.90 Å². The number of fused-ring (bicyclic) bond motifs is 2. The molecule has 3 atom stereocenters. The first-order chi connectivity index (χ1) is 17.6. The van der Waals surface area contributed by atoms with Crippen LogP contribution in [0.1, 0.15) is 79.8 Å². The zero-order chi connectivity index (χ0) is 26.4. The molecule has 1 aromatic heterocycles. The number of anilines is 1. The minimum absolute atomic E-state index is 0.0570. The number of piperidine rings is 1. The number of nitriles is 1. The molecule has 1 saturated heterocycles. The molecule has 1 aliphatic carbocycles. The average molecular weight is 502 g/mol. The molecular weight excluding hydrogens is 470 g/mol. The number of imidazole rings is 1. The number of aliphatic hydroxyl groups is 1. The fourth-order valence-electron chi connectivity index (χ4n) is 6.29. The highest BCUT2D eigenvalue weighted by atomic mass is 16.5. The molecule has 2 aromatic rings. The van der Waals surface area contributed by atoms with Gasteiger partial charge in [-0.05, 0) is 62.8 Å². The molecule has 2 aliphatic heterocycles. The Morgan fingerprint density at radius 3 is 2.54 bits per heavy atom. The molecule has 0 spiro atoms. The number of nitrogens with one attached hydrogen (secondary N) is 2. The molecule has 0 radical (unpaired) electrons. The van der Waals surface area contributed by atoms with Crippen molar-refractivity contribution in [1.29, 1.82) is 5.26 Å². The van der Waals surface area contributed by atoms with Crippen molar-refractivity contribution in [2.45, 2.75) is 69.1 Å². The van der Waals surface area contributed by atoms with E-state index in [0.29, 0.717) is 18.5 Å². The number of carbonyl (C=O) groups is 2. The van der Waals surface area contributed by atoms with Crippen molar-refractivity contribution < 1.29 is 19.4 Å². The Kier molecular flexibility index (Phi) is 5.95. The van der Waals surface area contributed by atoms with E-state index < -0.39 is 28.7 Å². The lowest BCUT2D eigenvalue weighted by Gasteiger charge is -2.53. The maximum atomic E-state index is 12.9. The van der Waals surface area contributed by atoms with Crippen LogP contribution >= 0.6 is 0 Å². The van der Waals surface area contributed by atoms with E-state index in [1.165, 1.54) is 13.3 Å². The second-order valence-corrected chi connectivity index (χ2v) is 10.7. The molecule has 1 fully saturated rings. The van der Waals surface area contributed by atoms with Gasteiger partial charge in [0.15, 0.2) is 11.5 Å². The van der Waals surface area contributed by atoms with Crippen LogP contribution in [-0.4, -0.2) is 50.2 Å². The number of rotatable bonds is 4. The number of aromatic amines is 1. The van der Waals surface area contributed by atoms with Gasteiger partial charge in [-0.2, -0.15) is 5.26 Å². The first kappa shape index (κ1) is 24.8. The molecule has 9 heteroatoms. The van der Waals surface area contributed by atoms with E-state index in [0.717, 1.165) is 42.4 Å². The van der Waals surface area contributed by atoms with E-state index in [-0.39, 0.29) is 11.5 Å². The number of methoxy groups -OCH3 is 1. The van der Waals surface area contributed by atoms with Crippen molar-refractivity contribution in [3.05, 3.63) is 65.3 Å². The number of amides is 2. The Hall–Kier alpha value is -3.90. The summed E-state index contributed by atoms with van der Waals surface area (Å²) in [6.07, 6.45) is 11.8. The summed E-state index contributed by atoms with van der Waals surface area (Å²) in [6, 6.07) is 7.54. The van der Waals surface area contributed by atoms with Gasteiger partial charge >= 0.3 is 6.09 Å². The van der Waals surface area contributed by atoms with Crippen LogP contribution in [0, 0.1) is 11.3 Å². The first-order valence-electron chi connectivity index (χ1n) is 12.5. The van der Waals surface area contributed by atoms with Crippen LogP contribution in [0.3, 0.4) is 0 Å². The van der Waals surface area contributed by atoms with Crippen LogP contribution in [0.2, 0.25) is 0 Å². The van der Waals surface area contributed by atoms with Crippen LogP contribution in [0.5, 0.6) is 0 Å². The van der Waals surface area contributed by atoms with Gasteiger partial charge < -0.3 is 20.1 Å². The van der Waals surface area contributed by atoms with E-state index >= 15 is 0 Å². The minimum Gasteiger partial charge on any atom is -0.453 e. The monoisotopic (exact) mass is 501 g/mol. The van der Waals surface area contributed by atoms with Crippen molar-refractivity contribution in [2.75, 3.05) is 12.4 Å². The van der Waals surface area contributed by atoms with Crippen molar-refractivity contribution in [3.8, 4) is 6.07 Å². The van der Waals surface area contributed by atoms with Gasteiger partial charge in [-0.15, -0.1) is 0 Å². The zero-order valence-corrected chi connectivity index (χ0v) is 21.3. The van der Waals surface area contributed by atoms with Crippen molar-refractivity contribution >= 4 is 23.3 Å². The highest BCUT2D eigenvalue weighted by Gasteiger charge is 2.59. The Bertz CT molecular complexity index is 1350. The van der Waals surface area contributed by atoms with Crippen LogP contribution in [-0.2, 0) is 10.3 Å². The van der Waals surface area contributed by atoms with E-state index in [1.807, 2.05) is 50.3 Å². The van der Waals surface area contributed by atoms with E-state index in [4.69, 9.17) is 10.00 Å². The summed E-state index contributed by atoms with van der Waals surface area (Å²) < 4.78 is 5.06. The quantitative estimate of drug-likeness (QED) is 0.524. The zero-order valence-electron chi connectivity index (χ0n) is 21.3. The molecule has 37 heavy (non-hydrogen) atoms. The van der Waals surface area contributed by atoms with Crippen molar-refractivity contribution in [3.63, 3.8) is 0 Å². The Morgan fingerprint density at radius 1 is 1.22 bits per heavy atom. The predicted octanol–water partition coefficient (Wildman–Crippen LogP) is 4.63. The Balaban J connectivity index is 1.51.